The predicted molar refractivity (Wildman–Crippen MR) is 67.8 cm³/mol. The summed E-state index contributed by atoms with van der Waals surface area (Å²) in [5.41, 5.74) is 1.54. The van der Waals surface area contributed by atoms with E-state index in [1.807, 2.05) is 26.1 Å². The molecule has 0 spiro atoms. The van der Waals surface area contributed by atoms with Gasteiger partial charge in [-0.15, -0.1) is 0 Å². The highest BCUT2D eigenvalue weighted by Crippen LogP contribution is 2.22. The molecule has 6 heteroatoms. The number of anilines is 1. The molecule has 2 N–H and O–H groups in total. The molecular weight excluding hydrogens is 257 g/mol. The third-order valence-electron chi connectivity index (χ3n) is 2.76. The Morgan fingerprint density at radius 1 is 1.26 bits per heavy atom. The predicted octanol–water partition coefficient (Wildman–Crippen LogP) is 3.25. The van der Waals surface area contributed by atoms with E-state index in [0.29, 0.717) is 5.69 Å². The van der Waals surface area contributed by atoms with Crippen molar-refractivity contribution in [2.45, 2.75) is 32.0 Å². The number of amides is 1. The molecule has 0 saturated carbocycles. The highest BCUT2D eigenvalue weighted by atomic mass is 19.4. The topological polar surface area (TPSA) is 41.1 Å². The Hall–Kier alpha value is -1.56. The molecule has 0 aliphatic heterocycles. The van der Waals surface area contributed by atoms with Gasteiger partial charge in [-0.2, -0.15) is 13.2 Å². The average Bonchev–Trinajstić information content (AvgIpc) is 2.35. The molecule has 0 radical (unpaired) electrons. The maximum atomic E-state index is 11.9. The van der Waals surface area contributed by atoms with Gasteiger partial charge in [-0.25, -0.2) is 0 Å². The Kier molecular flexibility index (Phi) is 5.35. The van der Waals surface area contributed by atoms with E-state index >= 15 is 0 Å². The molecule has 1 amide bonds. The lowest BCUT2D eigenvalue weighted by molar-refractivity contribution is -0.142. The zero-order valence-corrected chi connectivity index (χ0v) is 10.8. The van der Waals surface area contributed by atoms with E-state index in [2.05, 4.69) is 10.6 Å². The maximum absolute atomic E-state index is 11.9. The van der Waals surface area contributed by atoms with Gasteiger partial charge in [0, 0.05) is 18.2 Å². The second-order valence-corrected chi connectivity index (χ2v) is 4.30. The van der Waals surface area contributed by atoms with E-state index in [0.717, 1.165) is 5.56 Å². The number of benzene rings is 1. The molecule has 0 bridgehead atoms. The quantitative estimate of drug-likeness (QED) is 0.865. The minimum atomic E-state index is -4.30. The summed E-state index contributed by atoms with van der Waals surface area (Å²) in [4.78, 5) is 11.3. The van der Waals surface area contributed by atoms with Gasteiger partial charge in [0.05, 0.1) is 6.42 Å². The van der Waals surface area contributed by atoms with Crippen LogP contribution in [0, 0.1) is 0 Å². The van der Waals surface area contributed by atoms with Crippen molar-refractivity contribution in [1.82, 2.24) is 5.32 Å². The first kappa shape index (κ1) is 15.5. The fourth-order valence-corrected chi connectivity index (χ4v) is 1.50. The summed E-state index contributed by atoms with van der Waals surface area (Å²) in [6.07, 6.45) is -5.96. The van der Waals surface area contributed by atoms with Crippen LogP contribution in [0.5, 0.6) is 0 Å². The van der Waals surface area contributed by atoms with Crippen molar-refractivity contribution >= 4 is 11.6 Å². The Bertz CT molecular complexity index is 415. The Labute approximate surface area is 110 Å². The van der Waals surface area contributed by atoms with Crippen molar-refractivity contribution in [3.63, 3.8) is 0 Å². The van der Waals surface area contributed by atoms with Gasteiger partial charge in [0.2, 0.25) is 5.91 Å². The molecule has 0 aromatic heterocycles. The zero-order valence-electron chi connectivity index (χ0n) is 10.8. The lowest BCUT2D eigenvalue weighted by atomic mass is 10.1. The van der Waals surface area contributed by atoms with Gasteiger partial charge < -0.3 is 10.6 Å². The van der Waals surface area contributed by atoms with E-state index in [1.165, 1.54) is 0 Å². The second kappa shape index (κ2) is 6.56. The molecule has 1 aromatic rings. The largest absolute Gasteiger partial charge is 0.389 e. The Morgan fingerprint density at radius 2 is 1.84 bits per heavy atom. The molecule has 0 fully saturated rings. The third kappa shape index (κ3) is 5.74. The number of hydrogen-bond acceptors (Lipinski definition) is 2. The van der Waals surface area contributed by atoms with Crippen LogP contribution in [0.1, 0.15) is 31.4 Å². The van der Waals surface area contributed by atoms with E-state index in [1.54, 1.807) is 12.1 Å². The number of alkyl halides is 3. The van der Waals surface area contributed by atoms with E-state index in [4.69, 9.17) is 0 Å². The fourth-order valence-electron chi connectivity index (χ4n) is 1.50. The Balaban J connectivity index is 2.51. The van der Waals surface area contributed by atoms with Crippen LogP contribution in [-0.2, 0) is 4.79 Å². The summed E-state index contributed by atoms with van der Waals surface area (Å²) >= 11 is 0. The number of nitrogens with one attached hydrogen (secondary N) is 2. The number of carbonyl (C=O) groups is 1. The molecule has 3 nitrogen and oxygen atoms in total. The van der Waals surface area contributed by atoms with Crippen molar-refractivity contribution in [3.8, 4) is 0 Å². The van der Waals surface area contributed by atoms with Gasteiger partial charge >= 0.3 is 6.18 Å². The zero-order chi connectivity index (χ0) is 14.5. The van der Waals surface area contributed by atoms with Crippen molar-refractivity contribution in [1.29, 1.82) is 0 Å². The first-order valence-corrected chi connectivity index (χ1v) is 5.95. The Morgan fingerprint density at radius 3 is 2.32 bits per heavy atom. The van der Waals surface area contributed by atoms with E-state index < -0.39 is 24.9 Å². The van der Waals surface area contributed by atoms with Crippen LogP contribution in [0.15, 0.2) is 24.3 Å². The van der Waals surface area contributed by atoms with E-state index in [-0.39, 0.29) is 6.04 Å². The highest BCUT2D eigenvalue weighted by Gasteiger charge is 2.27. The molecule has 0 aliphatic rings. The van der Waals surface area contributed by atoms with Crippen LogP contribution in [0.2, 0.25) is 0 Å². The number of rotatable bonds is 5. The van der Waals surface area contributed by atoms with Crippen LogP contribution < -0.4 is 10.6 Å². The summed E-state index contributed by atoms with van der Waals surface area (Å²) in [5.74, 6) is -0.633. The number of hydrogen-bond donors (Lipinski definition) is 2. The first-order valence-electron chi connectivity index (χ1n) is 5.95. The van der Waals surface area contributed by atoms with Crippen LogP contribution >= 0.6 is 0 Å². The van der Waals surface area contributed by atoms with Gasteiger partial charge in [-0.1, -0.05) is 12.1 Å². The smallest absolute Gasteiger partial charge is 0.326 e. The third-order valence-corrected chi connectivity index (χ3v) is 2.76. The molecular formula is C13H17F3N2O. The summed E-state index contributed by atoms with van der Waals surface area (Å²) in [6, 6.07) is 7.17. The van der Waals surface area contributed by atoms with Gasteiger partial charge in [0.15, 0.2) is 0 Å². The molecule has 1 atom stereocenters. The maximum Gasteiger partial charge on any atom is 0.389 e. The van der Waals surface area contributed by atoms with Crippen LogP contribution in [0.4, 0.5) is 18.9 Å². The molecule has 1 unspecified atom stereocenters. The minimum Gasteiger partial charge on any atom is -0.326 e. The lowest BCUT2D eigenvalue weighted by Gasteiger charge is -2.12. The van der Waals surface area contributed by atoms with Crippen LogP contribution in [0.25, 0.3) is 0 Å². The van der Waals surface area contributed by atoms with Gasteiger partial charge in [-0.3, -0.25) is 4.79 Å². The van der Waals surface area contributed by atoms with Crippen molar-refractivity contribution in [3.05, 3.63) is 29.8 Å². The molecule has 0 heterocycles. The van der Waals surface area contributed by atoms with Gasteiger partial charge in [0.1, 0.15) is 0 Å². The first-order chi connectivity index (χ1) is 8.81. The number of carbonyl (C=O) groups excluding carboxylic acids is 1. The molecule has 1 aromatic carbocycles. The lowest BCUT2D eigenvalue weighted by Crippen LogP contribution is -2.16. The second-order valence-electron chi connectivity index (χ2n) is 4.30. The standard InChI is InChI=1S/C13H17F3N2O/c1-9(17-2)10-3-5-11(6-4-10)18-12(19)7-8-13(14,15)16/h3-6,9,17H,7-8H2,1-2H3,(H,18,19). The fraction of sp³-hybridized carbons (Fsp3) is 0.462. The number of halogens is 3. The summed E-state index contributed by atoms with van der Waals surface area (Å²) in [5, 5.41) is 5.51. The summed E-state index contributed by atoms with van der Waals surface area (Å²) in [6.45, 7) is 1.98. The SMILES string of the molecule is CNC(C)c1ccc(NC(=O)CCC(F)(F)F)cc1. The van der Waals surface area contributed by atoms with Gasteiger partial charge in [-0.05, 0) is 31.7 Å². The summed E-state index contributed by atoms with van der Waals surface area (Å²) < 4.78 is 35.8. The average molecular weight is 274 g/mol. The van der Waals surface area contributed by atoms with E-state index in [9.17, 15) is 18.0 Å². The normalized spacial score (nSPS) is 13.1. The molecule has 19 heavy (non-hydrogen) atoms. The highest BCUT2D eigenvalue weighted by molar-refractivity contribution is 5.90. The molecule has 1 rings (SSSR count). The van der Waals surface area contributed by atoms with Crippen molar-refractivity contribution < 1.29 is 18.0 Å². The minimum absolute atomic E-state index is 0.176. The van der Waals surface area contributed by atoms with Crippen LogP contribution in [-0.4, -0.2) is 19.1 Å². The van der Waals surface area contributed by atoms with Crippen LogP contribution in [0.3, 0.4) is 0 Å². The van der Waals surface area contributed by atoms with Gasteiger partial charge in [0.25, 0.3) is 0 Å². The summed E-state index contributed by atoms with van der Waals surface area (Å²) in [7, 11) is 1.83. The molecule has 106 valence electrons. The monoisotopic (exact) mass is 274 g/mol. The van der Waals surface area contributed by atoms with Crippen molar-refractivity contribution in [2.24, 2.45) is 0 Å². The molecule has 0 aliphatic carbocycles. The van der Waals surface area contributed by atoms with Crippen molar-refractivity contribution in [2.75, 3.05) is 12.4 Å². The molecule has 0 saturated heterocycles.